The molecule has 0 amide bonds. The quantitative estimate of drug-likeness (QED) is 0.378. The van der Waals surface area contributed by atoms with Crippen molar-refractivity contribution in [1.82, 2.24) is 34.2 Å². The molecule has 0 aliphatic rings. The number of unbranched alkanes of at least 4 members (excludes halogenated alkanes) is 1. The van der Waals surface area contributed by atoms with Gasteiger partial charge >= 0.3 is 5.69 Å². The summed E-state index contributed by atoms with van der Waals surface area (Å²) in [6, 6.07) is 0. The predicted molar refractivity (Wildman–Crippen MR) is 117 cm³/mol. The highest BCUT2D eigenvalue weighted by Gasteiger charge is 2.17. The average molecular weight is 464 g/mol. The number of rotatable bonds is 9. The van der Waals surface area contributed by atoms with Gasteiger partial charge in [-0.15, -0.1) is 11.3 Å². The van der Waals surface area contributed by atoms with Crippen LogP contribution in [0.2, 0.25) is 5.28 Å². The van der Waals surface area contributed by atoms with Gasteiger partial charge < -0.3 is 9.51 Å². The van der Waals surface area contributed by atoms with Gasteiger partial charge in [-0.3, -0.25) is 13.9 Å². The summed E-state index contributed by atoms with van der Waals surface area (Å²) in [7, 11) is 0. The minimum atomic E-state index is -0.433. The maximum Gasteiger partial charge on any atom is 0.332 e. The third kappa shape index (κ3) is 4.62. The van der Waals surface area contributed by atoms with Gasteiger partial charge in [-0.1, -0.05) is 18.5 Å². The van der Waals surface area contributed by atoms with Crippen LogP contribution in [-0.2, 0) is 25.9 Å². The van der Waals surface area contributed by atoms with Gasteiger partial charge in [0.05, 0.1) is 6.42 Å². The van der Waals surface area contributed by atoms with Crippen LogP contribution in [0, 0.1) is 6.92 Å². The van der Waals surface area contributed by atoms with Crippen molar-refractivity contribution < 1.29 is 4.52 Å². The van der Waals surface area contributed by atoms with E-state index < -0.39 is 5.56 Å². The first-order valence-electron chi connectivity index (χ1n) is 10.1. The molecule has 0 aliphatic heterocycles. The first-order chi connectivity index (χ1) is 15.0. The maximum absolute atomic E-state index is 12.9. The summed E-state index contributed by atoms with van der Waals surface area (Å²) in [6.45, 7) is 4.66. The van der Waals surface area contributed by atoms with Crippen molar-refractivity contribution in [2.24, 2.45) is 0 Å². The number of H-pyrrole nitrogens is 1. The van der Waals surface area contributed by atoms with Crippen LogP contribution in [0.15, 0.2) is 19.5 Å². The number of aromatic nitrogens is 7. The second-order valence-electron chi connectivity index (χ2n) is 7.24. The summed E-state index contributed by atoms with van der Waals surface area (Å²) < 4.78 is 8.02. The van der Waals surface area contributed by atoms with Crippen molar-refractivity contribution in [1.29, 1.82) is 0 Å². The topological polar surface area (TPSA) is 124 Å². The highest BCUT2D eigenvalue weighted by Crippen LogP contribution is 2.13. The van der Waals surface area contributed by atoms with E-state index in [1.807, 2.05) is 19.2 Å². The zero-order valence-electron chi connectivity index (χ0n) is 17.2. The molecular formula is C19H22ClN7O3S. The zero-order chi connectivity index (χ0) is 22.0. The van der Waals surface area contributed by atoms with E-state index in [1.54, 1.807) is 11.3 Å². The summed E-state index contributed by atoms with van der Waals surface area (Å²) in [4.78, 5) is 41.4. The molecule has 31 heavy (non-hydrogen) atoms. The summed E-state index contributed by atoms with van der Waals surface area (Å²) in [6.07, 6.45) is 3.16. The number of fused-ring (bicyclic) bond motifs is 1. The Hall–Kier alpha value is -2.79. The lowest BCUT2D eigenvalue weighted by Gasteiger charge is -2.10. The Morgan fingerprint density at radius 2 is 1.97 bits per heavy atom. The Kier molecular flexibility index (Phi) is 6.33. The molecule has 0 unspecified atom stereocenters. The Morgan fingerprint density at radius 1 is 1.16 bits per heavy atom. The predicted octanol–water partition coefficient (Wildman–Crippen LogP) is 2.71. The molecular weight excluding hydrogens is 442 g/mol. The van der Waals surface area contributed by atoms with Gasteiger partial charge in [0.1, 0.15) is 5.01 Å². The highest BCUT2D eigenvalue weighted by molar-refractivity contribution is 7.09. The van der Waals surface area contributed by atoms with Crippen molar-refractivity contribution in [3.05, 3.63) is 53.9 Å². The van der Waals surface area contributed by atoms with Crippen LogP contribution >= 0.6 is 22.9 Å². The zero-order valence-corrected chi connectivity index (χ0v) is 18.8. The van der Waals surface area contributed by atoms with Gasteiger partial charge in [0.15, 0.2) is 17.0 Å². The summed E-state index contributed by atoms with van der Waals surface area (Å²) in [5, 5.41) is 6.98. The van der Waals surface area contributed by atoms with Crippen LogP contribution in [0.5, 0.6) is 0 Å². The summed E-state index contributed by atoms with van der Waals surface area (Å²) in [5.74, 6) is 1.03. The SMILES string of the molecule is CCCCn1c(=O)n(CCCc2nc(Cc3nc(C)cs3)no2)c(=O)c2[nH]c(Cl)nc21. The number of hydrogen-bond acceptors (Lipinski definition) is 8. The summed E-state index contributed by atoms with van der Waals surface area (Å²) in [5.41, 5.74) is 0.675. The molecule has 0 bridgehead atoms. The molecule has 164 valence electrons. The molecule has 4 rings (SSSR count). The minimum absolute atomic E-state index is 0.0864. The largest absolute Gasteiger partial charge is 0.339 e. The van der Waals surface area contributed by atoms with Crippen molar-refractivity contribution >= 4 is 34.1 Å². The Labute approximate surface area is 185 Å². The average Bonchev–Trinajstić information content (AvgIpc) is 3.45. The molecule has 1 N–H and O–H groups in total. The normalized spacial score (nSPS) is 11.6. The van der Waals surface area contributed by atoms with Crippen molar-refractivity contribution in [3.8, 4) is 0 Å². The number of halogens is 1. The van der Waals surface area contributed by atoms with Crippen LogP contribution < -0.4 is 11.2 Å². The van der Waals surface area contributed by atoms with Gasteiger partial charge in [-0.2, -0.15) is 9.97 Å². The number of hydrogen-bond donors (Lipinski definition) is 1. The van der Waals surface area contributed by atoms with Crippen molar-refractivity contribution in [2.45, 2.75) is 59.0 Å². The Balaban J connectivity index is 1.49. The van der Waals surface area contributed by atoms with Crippen molar-refractivity contribution in [3.63, 3.8) is 0 Å². The third-order valence-corrected chi connectivity index (χ3v) is 5.97. The third-order valence-electron chi connectivity index (χ3n) is 4.83. The minimum Gasteiger partial charge on any atom is -0.339 e. The van der Waals surface area contributed by atoms with E-state index in [2.05, 4.69) is 25.1 Å². The highest BCUT2D eigenvalue weighted by atomic mass is 35.5. The Morgan fingerprint density at radius 3 is 2.71 bits per heavy atom. The molecule has 0 radical (unpaired) electrons. The smallest absolute Gasteiger partial charge is 0.332 e. The first-order valence-corrected chi connectivity index (χ1v) is 11.3. The lowest BCUT2D eigenvalue weighted by Crippen LogP contribution is -2.40. The van der Waals surface area contributed by atoms with Crippen LogP contribution in [-0.4, -0.2) is 34.2 Å². The molecule has 0 spiro atoms. The number of nitrogens with zero attached hydrogens (tertiary/aromatic N) is 6. The molecule has 4 aromatic rings. The molecule has 4 aromatic heterocycles. The lowest BCUT2D eigenvalue weighted by molar-refractivity contribution is 0.367. The van der Waals surface area contributed by atoms with E-state index in [1.165, 1.54) is 9.13 Å². The van der Waals surface area contributed by atoms with Gasteiger partial charge in [0, 0.05) is 30.6 Å². The molecule has 0 atom stereocenters. The second-order valence-corrected chi connectivity index (χ2v) is 8.54. The van der Waals surface area contributed by atoms with Gasteiger partial charge in [-0.05, 0) is 31.4 Å². The van der Waals surface area contributed by atoms with Crippen molar-refractivity contribution in [2.75, 3.05) is 0 Å². The first kappa shape index (κ1) is 21.4. The van der Waals surface area contributed by atoms with Crippen LogP contribution in [0.3, 0.4) is 0 Å². The number of aromatic amines is 1. The number of thiazole rings is 1. The molecule has 0 saturated carbocycles. The van der Waals surface area contributed by atoms with Crippen LogP contribution in [0.1, 0.15) is 48.6 Å². The van der Waals surface area contributed by atoms with E-state index in [0.717, 1.165) is 23.5 Å². The molecule has 12 heteroatoms. The molecule has 0 aliphatic carbocycles. The molecule has 0 aromatic carbocycles. The van der Waals surface area contributed by atoms with Crippen LogP contribution in [0.25, 0.3) is 11.2 Å². The van der Waals surface area contributed by atoms with E-state index in [-0.39, 0.29) is 23.0 Å². The Bertz CT molecular complexity index is 1320. The van der Waals surface area contributed by atoms with Gasteiger partial charge in [-0.25, -0.2) is 9.78 Å². The fourth-order valence-electron chi connectivity index (χ4n) is 3.32. The van der Waals surface area contributed by atoms with E-state index >= 15 is 0 Å². The lowest BCUT2D eigenvalue weighted by atomic mass is 10.3. The molecule has 10 nitrogen and oxygen atoms in total. The van der Waals surface area contributed by atoms with E-state index in [0.29, 0.717) is 43.2 Å². The van der Waals surface area contributed by atoms with Gasteiger partial charge in [0.25, 0.3) is 5.56 Å². The standard InChI is InChI=1S/C19H22ClN7O3S/c1-3-4-7-26-16-15(23-18(20)24-16)17(28)27(19(26)29)8-5-6-13-22-12(25-30-13)9-14-21-11(2)10-31-14/h10H,3-9H2,1-2H3,(H,23,24). The number of aryl methyl sites for hydroxylation is 3. The van der Waals surface area contributed by atoms with Gasteiger partial charge in [0.2, 0.25) is 11.2 Å². The molecule has 4 heterocycles. The molecule has 0 fully saturated rings. The molecule has 0 saturated heterocycles. The summed E-state index contributed by atoms with van der Waals surface area (Å²) >= 11 is 7.51. The van der Waals surface area contributed by atoms with Crippen LogP contribution in [0.4, 0.5) is 0 Å². The van der Waals surface area contributed by atoms with E-state index in [9.17, 15) is 9.59 Å². The fourth-order valence-corrected chi connectivity index (χ4v) is 4.27. The monoisotopic (exact) mass is 463 g/mol. The number of nitrogens with one attached hydrogen (secondary N) is 1. The second kappa shape index (κ2) is 9.15. The maximum atomic E-state index is 12.9. The fraction of sp³-hybridized carbons (Fsp3) is 0.474. The number of imidazole rings is 1. The van der Waals surface area contributed by atoms with E-state index in [4.69, 9.17) is 16.1 Å².